The van der Waals surface area contributed by atoms with Gasteiger partial charge >= 0.3 is 0 Å². The van der Waals surface area contributed by atoms with Crippen molar-refractivity contribution in [3.8, 4) is 0 Å². The van der Waals surface area contributed by atoms with Crippen molar-refractivity contribution in [3.05, 3.63) is 34.9 Å². The molecule has 2 aromatic rings. The average molecular weight is 372 g/mol. The van der Waals surface area contributed by atoms with E-state index in [-0.39, 0.29) is 15.7 Å². The molecule has 6 nitrogen and oxygen atoms in total. The van der Waals surface area contributed by atoms with Crippen LogP contribution >= 0.6 is 0 Å². The van der Waals surface area contributed by atoms with Gasteiger partial charge in [-0.2, -0.15) is 16.8 Å². The highest BCUT2D eigenvalue weighted by molar-refractivity contribution is 7.86. The van der Waals surface area contributed by atoms with Crippen LogP contribution in [0, 0.1) is 6.92 Å². The normalized spacial score (nSPS) is 13.0. The van der Waals surface area contributed by atoms with E-state index in [0.717, 1.165) is 10.9 Å². The molecular formula is C16H20O6S2. The second kappa shape index (κ2) is 6.11. The summed E-state index contributed by atoms with van der Waals surface area (Å²) in [5, 5.41) is 1.11. The molecule has 0 aromatic heterocycles. The maximum Gasteiger partial charge on any atom is 0.294 e. The van der Waals surface area contributed by atoms with Crippen LogP contribution in [0.1, 0.15) is 43.4 Å². The van der Waals surface area contributed by atoms with Crippen molar-refractivity contribution in [2.75, 3.05) is 0 Å². The summed E-state index contributed by atoms with van der Waals surface area (Å²) in [4.78, 5) is -0.556. The van der Waals surface area contributed by atoms with Crippen molar-refractivity contribution in [1.29, 1.82) is 0 Å². The molecule has 0 aliphatic heterocycles. The largest absolute Gasteiger partial charge is 0.294 e. The Labute approximate surface area is 142 Å². The van der Waals surface area contributed by atoms with E-state index in [9.17, 15) is 25.9 Å². The standard InChI is InChI=1S/C16H20O6S2/c1-5-11-6-13(23(17,18)19)7-12-8-14(24(20,21)22)10(4)15(9(2)3)16(11)12/h6-9H,5H2,1-4H3,(H,17,18,19)(H,20,21,22). The molecule has 0 aliphatic rings. The molecule has 0 atom stereocenters. The lowest BCUT2D eigenvalue weighted by atomic mass is 9.88. The Morgan fingerprint density at radius 1 is 1.00 bits per heavy atom. The lowest BCUT2D eigenvalue weighted by Gasteiger charge is -2.19. The minimum absolute atomic E-state index is 0.0453. The number of aryl methyl sites for hydroxylation is 1. The van der Waals surface area contributed by atoms with Gasteiger partial charge in [0.15, 0.2) is 0 Å². The zero-order chi connectivity index (χ0) is 18.4. The van der Waals surface area contributed by atoms with Gasteiger partial charge in [-0.05, 0) is 64.9 Å². The molecule has 24 heavy (non-hydrogen) atoms. The summed E-state index contributed by atoms with van der Waals surface area (Å²) in [7, 11) is -8.89. The Kier molecular flexibility index (Phi) is 4.80. The molecule has 0 amide bonds. The van der Waals surface area contributed by atoms with Crippen molar-refractivity contribution < 1.29 is 25.9 Å². The minimum atomic E-state index is -4.46. The van der Waals surface area contributed by atoms with E-state index in [0.29, 0.717) is 22.9 Å². The van der Waals surface area contributed by atoms with E-state index >= 15 is 0 Å². The first-order chi connectivity index (χ1) is 10.9. The van der Waals surface area contributed by atoms with Gasteiger partial charge in [0.25, 0.3) is 20.2 Å². The van der Waals surface area contributed by atoms with Gasteiger partial charge in [-0.25, -0.2) is 0 Å². The lowest BCUT2D eigenvalue weighted by Crippen LogP contribution is -2.08. The summed E-state index contributed by atoms with van der Waals surface area (Å²) < 4.78 is 65.2. The molecule has 0 heterocycles. The van der Waals surface area contributed by atoms with E-state index in [1.807, 2.05) is 20.8 Å². The van der Waals surface area contributed by atoms with Crippen LogP contribution in [0.15, 0.2) is 28.0 Å². The first-order valence-corrected chi connectivity index (χ1v) is 10.3. The summed E-state index contributed by atoms with van der Waals surface area (Å²) in [5.74, 6) is -0.0453. The number of benzene rings is 2. The third-order valence-corrected chi connectivity index (χ3v) is 5.90. The van der Waals surface area contributed by atoms with E-state index < -0.39 is 20.2 Å². The SMILES string of the molecule is CCc1cc(S(=O)(=O)O)cc2cc(S(=O)(=O)O)c(C)c(C(C)C)c12. The van der Waals surface area contributed by atoms with Gasteiger partial charge < -0.3 is 0 Å². The van der Waals surface area contributed by atoms with E-state index in [1.54, 1.807) is 6.92 Å². The Balaban J connectivity index is 3.13. The van der Waals surface area contributed by atoms with Gasteiger partial charge in [0.2, 0.25) is 0 Å². The van der Waals surface area contributed by atoms with Crippen LogP contribution in [0.3, 0.4) is 0 Å². The van der Waals surface area contributed by atoms with Crippen LogP contribution in [-0.2, 0) is 26.7 Å². The second-order valence-electron chi connectivity index (χ2n) is 6.05. The maximum absolute atomic E-state index is 11.7. The van der Waals surface area contributed by atoms with Crippen molar-refractivity contribution in [1.82, 2.24) is 0 Å². The Morgan fingerprint density at radius 3 is 2.00 bits per heavy atom. The molecule has 2 aromatic carbocycles. The third kappa shape index (κ3) is 3.32. The van der Waals surface area contributed by atoms with Gasteiger partial charge in [0.05, 0.1) is 9.79 Å². The molecule has 2 rings (SSSR count). The highest BCUT2D eigenvalue weighted by Crippen LogP contribution is 2.37. The minimum Gasteiger partial charge on any atom is -0.282 e. The van der Waals surface area contributed by atoms with Gasteiger partial charge in [-0.15, -0.1) is 0 Å². The predicted molar refractivity (Wildman–Crippen MR) is 91.8 cm³/mol. The van der Waals surface area contributed by atoms with Crippen molar-refractivity contribution >= 4 is 31.0 Å². The van der Waals surface area contributed by atoms with Crippen LogP contribution in [0.4, 0.5) is 0 Å². The number of fused-ring (bicyclic) bond motifs is 1. The van der Waals surface area contributed by atoms with Crippen molar-refractivity contribution in [3.63, 3.8) is 0 Å². The van der Waals surface area contributed by atoms with Gasteiger partial charge in [0.1, 0.15) is 0 Å². The van der Waals surface area contributed by atoms with Crippen LogP contribution < -0.4 is 0 Å². The number of hydrogen-bond acceptors (Lipinski definition) is 4. The zero-order valence-corrected chi connectivity index (χ0v) is 15.5. The lowest BCUT2D eigenvalue weighted by molar-refractivity contribution is 0.481. The fourth-order valence-corrected chi connectivity index (χ4v) is 4.47. The van der Waals surface area contributed by atoms with Crippen LogP contribution in [-0.4, -0.2) is 25.9 Å². The van der Waals surface area contributed by atoms with Crippen LogP contribution in [0.5, 0.6) is 0 Å². The molecule has 8 heteroatoms. The van der Waals surface area contributed by atoms with Gasteiger partial charge in [-0.1, -0.05) is 20.8 Å². The molecule has 0 fully saturated rings. The first-order valence-electron chi connectivity index (χ1n) is 7.43. The summed E-state index contributed by atoms with van der Waals surface area (Å²) >= 11 is 0. The average Bonchev–Trinajstić information content (AvgIpc) is 2.42. The Bertz CT molecular complexity index is 1020. The monoisotopic (exact) mass is 372 g/mol. The molecule has 0 radical (unpaired) electrons. The smallest absolute Gasteiger partial charge is 0.282 e. The predicted octanol–water partition coefficient (Wildman–Crippen LogP) is 3.33. The van der Waals surface area contributed by atoms with Crippen molar-refractivity contribution in [2.45, 2.75) is 49.8 Å². The number of rotatable bonds is 4. The summed E-state index contributed by atoms with van der Waals surface area (Å²) in [5.41, 5.74) is 1.86. The first kappa shape index (κ1) is 18.9. The fourth-order valence-electron chi connectivity index (χ4n) is 3.13. The van der Waals surface area contributed by atoms with E-state index in [1.165, 1.54) is 18.2 Å². The zero-order valence-electron chi connectivity index (χ0n) is 13.9. The summed E-state index contributed by atoms with van der Waals surface area (Å²) in [6.45, 7) is 7.25. The third-order valence-electron chi connectivity index (χ3n) is 4.09. The highest BCUT2D eigenvalue weighted by atomic mass is 32.2. The Morgan fingerprint density at radius 2 is 1.58 bits per heavy atom. The molecular weight excluding hydrogens is 352 g/mol. The van der Waals surface area contributed by atoms with E-state index in [4.69, 9.17) is 0 Å². The quantitative estimate of drug-likeness (QED) is 0.797. The Hall–Kier alpha value is -1.48. The molecule has 0 saturated carbocycles. The summed E-state index contributed by atoms with van der Waals surface area (Å²) in [6.07, 6.45) is 0.504. The van der Waals surface area contributed by atoms with Gasteiger partial charge in [-0.3, -0.25) is 9.11 Å². The molecule has 0 saturated heterocycles. The molecule has 0 unspecified atom stereocenters. The molecule has 0 bridgehead atoms. The fraction of sp³-hybridized carbons (Fsp3) is 0.375. The number of hydrogen-bond donors (Lipinski definition) is 2. The molecule has 132 valence electrons. The van der Waals surface area contributed by atoms with Crippen LogP contribution in [0.2, 0.25) is 0 Å². The highest BCUT2D eigenvalue weighted by Gasteiger charge is 2.23. The van der Waals surface area contributed by atoms with E-state index in [2.05, 4.69) is 0 Å². The molecule has 0 spiro atoms. The molecule has 0 aliphatic carbocycles. The maximum atomic E-state index is 11.7. The molecule has 2 N–H and O–H groups in total. The van der Waals surface area contributed by atoms with Crippen molar-refractivity contribution in [2.24, 2.45) is 0 Å². The topological polar surface area (TPSA) is 109 Å². The second-order valence-corrected chi connectivity index (χ2v) is 8.86. The summed E-state index contributed by atoms with van der Waals surface area (Å²) in [6, 6.07) is 3.87. The van der Waals surface area contributed by atoms with Gasteiger partial charge in [0, 0.05) is 0 Å². The van der Waals surface area contributed by atoms with Crippen LogP contribution in [0.25, 0.3) is 10.8 Å².